The largest absolute Gasteiger partial charge is 0.368 e. The molecule has 2 aromatic carbocycles. The van der Waals surface area contributed by atoms with Gasteiger partial charge in [0.25, 0.3) is 11.4 Å². The predicted molar refractivity (Wildman–Crippen MR) is 99.0 cm³/mol. The lowest BCUT2D eigenvalue weighted by Crippen LogP contribution is -2.50. The van der Waals surface area contributed by atoms with E-state index in [4.69, 9.17) is 0 Å². The average Bonchev–Trinajstić information content (AvgIpc) is 2.68. The Hall–Kier alpha value is -3.69. The van der Waals surface area contributed by atoms with Crippen LogP contribution in [0.3, 0.4) is 0 Å². The minimum Gasteiger partial charge on any atom is -0.368 e. The summed E-state index contributed by atoms with van der Waals surface area (Å²) in [6.07, 6.45) is 0. The van der Waals surface area contributed by atoms with Crippen LogP contribution in [0.15, 0.2) is 48.5 Å². The normalized spacial score (nSPS) is 13.9. The second-order valence-corrected chi connectivity index (χ2v) is 5.99. The molecule has 0 aromatic heterocycles. The first-order valence-electron chi connectivity index (χ1n) is 8.24. The average molecular weight is 371 g/mol. The Morgan fingerprint density at radius 1 is 0.889 bits per heavy atom. The number of hydrogen-bond donors (Lipinski definition) is 1. The summed E-state index contributed by atoms with van der Waals surface area (Å²) in [5.41, 5.74) is 1.18. The molecule has 1 saturated heterocycles. The number of amides is 2. The molecule has 1 aliphatic rings. The highest BCUT2D eigenvalue weighted by Crippen LogP contribution is 2.21. The van der Waals surface area contributed by atoms with E-state index in [0.29, 0.717) is 31.9 Å². The summed E-state index contributed by atoms with van der Waals surface area (Å²) in [7, 11) is 0. The van der Waals surface area contributed by atoms with E-state index in [9.17, 15) is 25.0 Å². The van der Waals surface area contributed by atoms with Crippen LogP contribution in [0.4, 0.5) is 27.5 Å². The highest BCUT2D eigenvalue weighted by atomic mass is 16.6. The van der Waals surface area contributed by atoms with Gasteiger partial charge in [-0.15, -0.1) is 0 Å². The van der Waals surface area contributed by atoms with Gasteiger partial charge < -0.3 is 15.1 Å². The fourth-order valence-electron chi connectivity index (χ4n) is 2.85. The number of piperazine rings is 1. The fraction of sp³-hybridized carbons (Fsp3) is 0.235. The zero-order valence-corrected chi connectivity index (χ0v) is 14.3. The van der Waals surface area contributed by atoms with Crippen LogP contribution in [0.5, 0.6) is 0 Å². The topological polar surface area (TPSA) is 122 Å². The first-order valence-corrected chi connectivity index (χ1v) is 8.24. The molecule has 0 bridgehead atoms. The van der Waals surface area contributed by atoms with E-state index in [1.54, 1.807) is 23.1 Å². The van der Waals surface area contributed by atoms with Gasteiger partial charge in [0, 0.05) is 61.8 Å². The molecule has 1 heterocycles. The number of urea groups is 1. The van der Waals surface area contributed by atoms with Crippen LogP contribution >= 0.6 is 0 Å². The number of nitrogens with zero attached hydrogens (tertiary/aromatic N) is 4. The van der Waals surface area contributed by atoms with Gasteiger partial charge in [-0.2, -0.15) is 0 Å². The molecule has 10 nitrogen and oxygen atoms in total. The standard InChI is InChI=1S/C17H17N5O5/c23-17(18-13-2-1-3-16(12-13)22(26)27)20-10-8-19(9-11-20)14-4-6-15(7-5-14)21(24)25/h1-7,12H,8-11H2,(H,18,23). The first kappa shape index (κ1) is 18.1. The zero-order valence-electron chi connectivity index (χ0n) is 14.3. The van der Waals surface area contributed by atoms with Gasteiger partial charge in [-0.1, -0.05) is 6.07 Å². The van der Waals surface area contributed by atoms with Crippen molar-refractivity contribution >= 4 is 28.8 Å². The Balaban J connectivity index is 1.57. The first-order chi connectivity index (χ1) is 12.9. The molecule has 0 saturated carbocycles. The van der Waals surface area contributed by atoms with E-state index in [2.05, 4.69) is 5.32 Å². The molecule has 0 unspecified atom stereocenters. The Morgan fingerprint density at radius 2 is 1.52 bits per heavy atom. The molecule has 0 atom stereocenters. The molecule has 3 rings (SSSR count). The van der Waals surface area contributed by atoms with Crippen LogP contribution in [0.2, 0.25) is 0 Å². The summed E-state index contributed by atoms with van der Waals surface area (Å²) in [5.74, 6) is 0. The lowest BCUT2D eigenvalue weighted by Gasteiger charge is -2.36. The monoisotopic (exact) mass is 371 g/mol. The molecule has 2 amide bonds. The van der Waals surface area contributed by atoms with E-state index >= 15 is 0 Å². The predicted octanol–water partition coefficient (Wildman–Crippen LogP) is 2.86. The highest BCUT2D eigenvalue weighted by Gasteiger charge is 2.22. The van der Waals surface area contributed by atoms with Gasteiger partial charge in [0.2, 0.25) is 0 Å². The lowest BCUT2D eigenvalue weighted by molar-refractivity contribution is -0.385. The summed E-state index contributed by atoms with van der Waals surface area (Å²) < 4.78 is 0. The molecular weight excluding hydrogens is 354 g/mol. The summed E-state index contributed by atoms with van der Waals surface area (Å²) in [4.78, 5) is 36.6. The van der Waals surface area contributed by atoms with E-state index in [1.165, 1.54) is 30.3 Å². The van der Waals surface area contributed by atoms with Crippen molar-refractivity contribution < 1.29 is 14.6 Å². The highest BCUT2D eigenvalue weighted by molar-refractivity contribution is 5.89. The van der Waals surface area contributed by atoms with Gasteiger partial charge in [-0.05, 0) is 18.2 Å². The van der Waals surface area contributed by atoms with Crippen LogP contribution in [-0.2, 0) is 0 Å². The third kappa shape index (κ3) is 4.29. The molecule has 10 heteroatoms. The van der Waals surface area contributed by atoms with Crippen LogP contribution in [-0.4, -0.2) is 47.0 Å². The second kappa shape index (κ2) is 7.68. The lowest BCUT2D eigenvalue weighted by atomic mass is 10.2. The number of carbonyl (C=O) groups is 1. The number of nitro benzene ring substituents is 2. The van der Waals surface area contributed by atoms with E-state index < -0.39 is 9.85 Å². The van der Waals surface area contributed by atoms with Crippen molar-refractivity contribution in [3.05, 3.63) is 68.8 Å². The van der Waals surface area contributed by atoms with E-state index in [1.807, 2.05) is 4.90 Å². The summed E-state index contributed by atoms with van der Waals surface area (Å²) >= 11 is 0. The quantitative estimate of drug-likeness (QED) is 0.651. The summed E-state index contributed by atoms with van der Waals surface area (Å²) in [6, 6.07) is 11.8. The molecule has 27 heavy (non-hydrogen) atoms. The second-order valence-electron chi connectivity index (χ2n) is 5.99. The van der Waals surface area contributed by atoms with Gasteiger partial charge in [0.1, 0.15) is 0 Å². The molecular formula is C17H17N5O5. The van der Waals surface area contributed by atoms with Gasteiger partial charge in [0.05, 0.1) is 9.85 Å². The van der Waals surface area contributed by atoms with Gasteiger partial charge in [0.15, 0.2) is 0 Å². The number of benzene rings is 2. The fourth-order valence-corrected chi connectivity index (χ4v) is 2.85. The maximum absolute atomic E-state index is 12.4. The third-order valence-corrected chi connectivity index (χ3v) is 4.30. The van der Waals surface area contributed by atoms with Crippen LogP contribution < -0.4 is 10.2 Å². The minimum absolute atomic E-state index is 0.0359. The molecule has 0 spiro atoms. The Labute approximate surface area is 154 Å². The molecule has 2 aromatic rings. The van der Waals surface area contributed by atoms with Crippen LogP contribution in [0.25, 0.3) is 0 Å². The molecule has 0 aliphatic carbocycles. The maximum atomic E-state index is 12.4. The summed E-state index contributed by atoms with van der Waals surface area (Å²) in [6.45, 7) is 2.11. The van der Waals surface area contributed by atoms with Crippen molar-refractivity contribution in [2.75, 3.05) is 36.4 Å². The van der Waals surface area contributed by atoms with Crippen LogP contribution in [0, 0.1) is 20.2 Å². The molecule has 1 aliphatic heterocycles. The van der Waals surface area contributed by atoms with Gasteiger partial charge in [-0.25, -0.2) is 4.79 Å². The number of nitro groups is 2. The van der Waals surface area contributed by atoms with Crippen molar-refractivity contribution in [3.63, 3.8) is 0 Å². The maximum Gasteiger partial charge on any atom is 0.321 e. The number of non-ortho nitro benzene ring substituents is 2. The van der Waals surface area contributed by atoms with Gasteiger partial charge in [-0.3, -0.25) is 20.2 Å². The van der Waals surface area contributed by atoms with E-state index in [-0.39, 0.29) is 17.4 Å². The molecule has 1 fully saturated rings. The van der Waals surface area contributed by atoms with Crippen molar-refractivity contribution in [1.29, 1.82) is 0 Å². The molecule has 140 valence electrons. The van der Waals surface area contributed by atoms with Crippen molar-refractivity contribution in [2.24, 2.45) is 0 Å². The van der Waals surface area contributed by atoms with Crippen molar-refractivity contribution in [1.82, 2.24) is 4.90 Å². The SMILES string of the molecule is O=C(Nc1cccc([N+](=O)[O-])c1)N1CCN(c2ccc([N+](=O)[O-])cc2)CC1. The van der Waals surface area contributed by atoms with Crippen molar-refractivity contribution in [2.45, 2.75) is 0 Å². The van der Waals surface area contributed by atoms with Crippen molar-refractivity contribution in [3.8, 4) is 0 Å². The molecule has 0 radical (unpaired) electrons. The Bertz CT molecular complexity index is 862. The van der Waals surface area contributed by atoms with Gasteiger partial charge >= 0.3 is 6.03 Å². The summed E-state index contributed by atoms with van der Waals surface area (Å²) in [5, 5.41) is 24.2. The Kier molecular flexibility index (Phi) is 5.15. The minimum atomic E-state index is -0.515. The number of carbonyl (C=O) groups excluding carboxylic acids is 1. The number of anilines is 2. The number of rotatable bonds is 4. The Morgan fingerprint density at radius 3 is 2.11 bits per heavy atom. The zero-order chi connectivity index (χ0) is 19.4. The van der Waals surface area contributed by atoms with E-state index in [0.717, 1.165) is 5.69 Å². The smallest absolute Gasteiger partial charge is 0.321 e. The third-order valence-electron chi connectivity index (χ3n) is 4.30. The van der Waals surface area contributed by atoms with Crippen LogP contribution in [0.1, 0.15) is 0 Å². The molecule has 1 N–H and O–H groups in total. The number of nitrogens with one attached hydrogen (secondary N) is 1. The number of hydrogen-bond acceptors (Lipinski definition) is 6.